The normalized spacial score (nSPS) is 23.3. The molecule has 1 heterocycles. The molecule has 1 rings (SSSR count). The number of hydrogen-bond acceptors (Lipinski definition) is 2. The van der Waals surface area contributed by atoms with Crippen molar-refractivity contribution in [2.75, 3.05) is 19.6 Å². The lowest BCUT2D eigenvalue weighted by Gasteiger charge is -2.33. The largest absolute Gasteiger partial charge is 0.340 e. The van der Waals surface area contributed by atoms with Crippen molar-refractivity contribution in [3.8, 4) is 0 Å². The number of carbonyl (C=O) groups excluding carboxylic acids is 1. The van der Waals surface area contributed by atoms with Gasteiger partial charge >= 0.3 is 0 Å². The Hall–Kier alpha value is -0.570. The van der Waals surface area contributed by atoms with Crippen molar-refractivity contribution in [2.24, 2.45) is 5.92 Å². The van der Waals surface area contributed by atoms with E-state index in [9.17, 15) is 4.79 Å². The van der Waals surface area contributed by atoms with Gasteiger partial charge in [-0.15, -0.1) is 0 Å². The molecule has 1 atom stereocenters. The third-order valence-electron chi connectivity index (χ3n) is 3.15. The quantitative estimate of drug-likeness (QED) is 0.737. The molecule has 0 saturated carbocycles. The van der Waals surface area contributed by atoms with E-state index in [-0.39, 0.29) is 11.9 Å². The van der Waals surface area contributed by atoms with Gasteiger partial charge in [0.1, 0.15) is 0 Å². The minimum absolute atomic E-state index is 0.0121. The lowest BCUT2D eigenvalue weighted by molar-refractivity contribution is -0.135. The Labute approximate surface area is 86.9 Å². The molecule has 0 radical (unpaired) electrons. The number of rotatable bonds is 4. The Morgan fingerprint density at radius 3 is 2.71 bits per heavy atom. The maximum Gasteiger partial charge on any atom is 0.239 e. The first-order valence-electron chi connectivity index (χ1n) is 5.71. The zero-order valence-electron chi connectivity index (χ0n) is 9.55. The van der Waals surface area contributed by atoms with E-state index in [0.717, 1.165) is 19.6 Å². The first-order chi connectivity index (χ1) is 6.69. The lowest BCUT2D eigenvalue weighted by atomic mass is 10.0. The second kappa shape index (κ2) is 5.35. The number of amides is 1. The molecule has 1 aliphatic heterocycles. The van der Waals surface area contributed by atoms with Crippen LogP contribution in [0.1, 0.15) is 33.6 Å². The lowest BCUT2D eigenvalue weighted by Crippen LogP contribution is -2.54. The highest BCUT2D eigenvalue weighted by Crippen LogP contribution is 2.12. The Kier molecular flexibility index (Phi) is 4.39. The second-order valence-electron chi connectivity index (χ2n) is 4.14. The summed E-state index contributed by atoms with van der Waals surface area (Å²) < 4.78 is 0. The van der Waals surface area contributed by atoms with E-state index in [1.54, 1.807) is 0 Å². The Morgan fingerprint density at radius 1 is 1.50 bits per heavy atom. The predicted molar refractivity (Wildman–Crippen MR) is 58.1 cm³/mol. The maximum absolute atomic E-state index is 11.8. The van der Waals surface area contributed by atoms with Gasteiger partial charge in [0, 0.05) is 19.6 Å². The summed E-state index contributed by atoms with van der Waals surface area (Å²) in [6.07, 6.45) is 2.34. The fraction of sp³-hybridized carbons (Fsp3) is 0.909. The minimum Gasteiger partial charge on any atom is -0.340 e. The van der Waals surface area contributed by atoms with E-state index in [4.69, 9.17) is 0 Å². The molecule has 1 unspecified atom stereocenters. The first-order valence-corrected chi connectivity index (χ1v) is 5.71. The van der Waals surface area contributed by atoms with E-state index < -0.39 is 0 Å². The van der Waals surface area contributed by atoms with Gasteiger partial charge in [-0.3, -0.25) is 4.79 Å². The van der Waals surface area contributed by atoms with Crippen LogP contribution >= 0.6 is 0 Å². The molecular formula is C11H22N2O. The van der Waals surface area contributed by atoms with Gasteiger partial charge in [0.25, 0.3) is 0 Å². The topological polar surface area (TPSA) is 32.3 Å². The number of nitrogens with zero attached hydrogens (tertiary/aromatic N) is 1. The van der Waals surface area contributed by atoms with Crippen LogP contribution in [0, 0.1) is 5.92 Å². The van der Waals surface area contributed by atoms with Crippen LogP contribution in [-0.2, 0) is 4.79 Å². The van der Waals surface area contributed by atoms with E-state index in [0.29, 0.717) is 5.92 Å². The van der Waals surface area contributed by atoms with E-state index in [1.165, 1.54) is 12.8 Å². The van der Waals surface area contributed by atoms with Crippen LogP contribution in [0.3, 0.4) is 0 Å². The van der Waals surface area contributed by atoms with Gasteiger partial charge in [0.2, 0.25) is 5.91 Å². The molecule has 1 aliphatic rings. The van der Waals surface area contributed by atoms with Crippen molar-refractivity contribution in [3.63, 3.8) is 0 Å². The standard InChI is InChI=1S/C11H22N2O/c1-4-10(5-2)8-13-7-6-12-9(3)11(13)14/h9-10,12H,4-8H2,1-3H3. The molecule has 0 aliphatic carbocycles. The molecule has 0 bridgehead atoms. The summed E-state index contributed by atoms with van der Waals surface area (Å²) >= 11 is 0. The number of carbonyl (C=O) groups is 1. The van der Waals surface area contributed by atoms with Crippen molar-refractivity contribution in [1.82, 2.24) is 10.2 Å². The highest BCUT2D eigenvalue weighted by atomic mass is 16.2. The van der Waals surface area contributed by atoms with Crippen LogP contribution in [-0.4, -0.2) is 36.5 Å². The van der Waals surface area contributed by atoms with Crippen molar-refractivity contribution in [1.29, 1.82) is 0 Å². The van der Waals surface area contributed by atoms with Crippen LogP contribution < -0.4 is 5.32 Å². The zero-order valence-corrected chi connectivity index (χ0v) is 9.55. The summed E-state index contributed by atoms with van der Waals surface area (Å²) in [6.45, 7) is 9.10. The van der Waals surface area contributed by atoms with Gasteiger partial charge < -0.3 is 10.2 Å². The van der Waals surface area contributed by atoms with E-state index in [1.807, 2.05) is 11.8 Å². The maximum atomic E-state index is 11.8. The van der Waals surface area contributed by atoms with E-state index >= 15 is 0 Å². The van der Waals surface area contributed by atoms with Crippen molar-refractivity contribution in [2.45, 2.75) is 39.7 Å². The highest BCUT2D eigenvalue weighted by Gasteiger charge is 2.25. The van der Waals surface area contributed by atoms with Gasteiger partial charge in [-0.25, -0.2) is 0 Å². The Balaban J connectivity index is 2.46. The summed E-state index contributed by atoms with van der Waals surface area (Å²) in [5.74, 6) is 0.937. The molecule has 3 heteroatoms. The zero-order chi connectivity index (χ0) is 10.6. The van der Waals surface area contributed by atoms with Crippen LogP contribution in [0.15, 0.2) is 0 Å². The molecule has 1 saturated heterocycles. The van der Waals surface area contributed by atoms with Gasteiger partial charge in [-0.2, -0.15) is 0 Å². The molecule has 0 aromatic heterocycles. The molecule has 3 nitrogen and oxygen atoms in total. The SMILES string of the molecule is CCC(CC)CN1CCNC(C)C1=O. The van der Waals surface area contributed by atoms with Crippen LogP contribution in [0.25, 0.3) is 0 Å². The summed E-state index contributed by atoms with van der Waals surface area (Å²) in [5.41, 5.74) is 0. The minimum atomic E-state index is 0.0121. The molecule has 1 amide bonds. The number of piperazine rings is 1. The summed E-state index contributed by atoms with van der Waals surface area (Å²) in [7, 11) is 0. The monoisotopic (exact) mass is 198 g/mol. The third-order valence-corrected chi connectivity index (χ3v) is 3.15. The molecule has 0 aromatic carbocycles. The summed E-state index contributed by atoms with van der Waals surface area (Å²) in [6, 6.07) is 0.0121. The smallest absolute Gasteiger partial charge is 0.239 e. The molecule has 14 heavy (non-hydrogen) atoms. The van der Waals surface area contributed by atoms with Crippen molar-refractivity contribution < 1.29 is 4.79 Å². The molecule has 0 spiro atoms. The summed E-state index contributed by atoms with van der Waals surface area (Å²) in [4.78, 5) is 13.8. The Bertz CT molecular complexity index is 190. The van der Waals surface area contributed by atoms with Gasteiger partial charge in [0.15, 0.2) is 0 Å². The van der Waals surface area contributed by atoms with E-state index in [2.05, 4.69) is 19.2 Å². The summed E-state index contributed by atoms with van der Waals surface area (Å²) in [5, 5.41) is 3.18. The molecule has 1 N–H and O–H groups in total. The fourth-order valence-electron chi connectivity index (χ4n) is 1.93. The predicted octanol–water partition coefficient (Wildman–Crippen LogP) is 1.24. The molecule has 1 fully saturated rings. The van der Waals surface area contributed by atoms with Gasteiger partial charge in [-0.05, 0) is 12.8 Å². The third kappa shape index (κ3) is 2.71. The number of nitrogens with one attached hydrogen (secondary N) is 1. The van der Waals surface area contributed by atoms with Crippen molar-refractivity contribution >= 4 is 5.91 Å². The second-order valence-corrected chi connectivity index (χ2v) is 4.14. The average molecular weight is 198 g/mol. The fourth-order valence-corrected chi connectivity index (χ4v) is 1.93. The molecular weight excluding hydrogens is 176 g/mol. The Morgan fingerprint density at radius 2 is 2.14 bits per heavy atom. The van der Waals surface area contributed by atoms with Gasteiger partial charge in [0.05, 0.1) is 6.04 Å². The molecule has 82 valence electrons. The van der Waals surface area contributed by atoms with Crippen LogP contribution in [0.2, 0.25) is 0 Å². The van der Waals surface area contributed by atoms with Crippen molar-refractivity contribution in [3.05, 3.63) is 0 Å². The number of hydrogen-bond donors (Lipinski definition) is 1. The van der Waals surface area contributed by atoms with Crippen LogP contribution in [0.4, 0.5) is 0 Å². The van der Waals surface area contributed by atoms with Crippen LogP contribution in [0.5, 0.6) is 0 Å². The molecule has 0 aromatic rings. The highest BCUT2D eigenvalue weighted by molar-refractivity contribution is 5.82. The first kappa shape index (κ1) is 11.5. The average Bonchev–Trinajstić information content (AvgIpc) is 2.20. The van der Waals surface area contributed by atoms with Gasteiger partial charge in [-0.1, -0.05) is 26.7 Å².